The van der Waals surface area contributed by atoms with E-state index in [1.54, 1.807) is 0 Å². The average molecular weight is 242 g/mol. The summed E-state index contributed by atoms with van der Waals surface area (Å²) < 4.78 is 22.3. The molecule has 0 bridgehead atoms. The van der Waals surface area contributed by atoms with Gasteiger partial charge in [0.1, 0.15) is 18.3 Å². The molecule has 0 unspecified atom stereocenters. The van der Waals surface area contributed by atoms with Crippen molar-refractivity contribution in [3.8, 4) is 0 Å². The molecule has 0 aromatic rings. The Hall–Kier alpha value is -0.750. The van der Waals surface area contributed by atoms with Crippen molar-refractivity contribution in [1.29, 1.82) is 0 Å². The van der Waals surface area contributed by atoms with Crippen LogP contribution in [-0.2, 0) is 23.7 Å². The van der Waals surface area contributed by atoms with Crippen LogP contribution in [0, 0.1) is 0 Å². The maximum atomic E-state index is 10.9. The van der Waals surface area contributed by atoms with E-state index < -0.39 is 24.3 Å². The summed E-state index contributed by atoms with van der Waals surface area (Å²) in [5.74, 6) is -0.689. The monoisotopic (exact) mass is 242 g/mol. The van der Waals surface area contributed by atoms with Gasteiger partial charge >= 0.3 is 0 Å². The third kappa shape index (κ3) is 2.57. The lowest BCUT2D eigenvalue weighted by Crippen LogP contribution is -2.37. The van der Waals surface area contributed by atoms with Crippen LogP contribution in [0.25, 0.3) is 0 Å². The minimum atomic E-state index is -0.689. The maximum Gasteiger partial charge on any atom is 0.190 e. The molecule has 0 N–H and O–H groups in total. The molecule has 0 saturated carbocycles. The predicted molar refractivity (Wildman–Crippen MR) is 59.3 cm³/mol. The van der Waals surface area contributed by atoms with Crippen LogP contribution in [0.15, 0.2) is 12.2 Å². The lowest BCUT2D eigenvalue weighted by Gasteiger charge is -2.23. The fourth-order valence-corrected chi connectivity index (χ4v) is 2.07. The van der Waals surface area contributed by atoms with Crippen molar-refractivity contribution in [3.05, 3.63) is 12.2 Å². The van der Waals surface area contributed by atoms with E-state index in [0.717, 1.165) is 6.29 Å². The van der Waals surface area contributed by atoms with Crippen LogP contribution in [0.1, 0.15) is 20.8 Å². The first-order valence-corrected chi connectivity index (χ1v) is 5.76. The van der Waals surface area contributed by atoms with E-state index >= 15 is 0 Å². The van der Waals surface area contributed by atoms with Crippen molar-refractivity contribution in [2.45, 2.75) is 51.2 Å². The minimum Gasteiger partial charge on any atom is -0.368 e. The highest BCUT2D eigenvalue weighted by molar-refractivity contribution is 5.58. The lowest BCUT2D eigenvalue weighted by molar-refractivity contribution is -0.214. The number of aldehydes is 1. The van der Waals surface area contributed by atoms with Crippen LogP contribution >= 0.6 is 0 Å². The van der Waals surface area contributed by atoms with Crippen LogP contribution in [-0.4, -0.2) is 43.3 Å². The minimum absolute atomic E-state index is 0.342. The van der Waals surface area contributed by atoms with Crippen LogP contribution < -0.4 is 0 Å². The van der Waals surface area contributed by atoms with Crippen molar-refractivity contribution in [1.82, 2.24) is 0 Å². The third-order valence-corrected chi connectivity index (χ3v) is 2.78. The first-order valence-electron chi connectivity index (χ1n) is 5.76. The number of ether oxygens (including phenoxy) is 4. The first-order chi connectivity index (χ1) is 8.07. The normalized spacial score (nSPS) is 39.7. The lowest BCUT2D eigenvalue weighted by atomic mass is 10.1. The Morgan fingerprint density at radius 2 is 2.12 bits per heavy atom. The van der Waals surface area contributed by atoms with E-state index in [0.29, 0.717) is 6.61 Å². The van der Waals surface area contributed by atoms with Crippen LogP contribution in [0.5, 0.6) is 0 Å². The Morgan fingerprint density at radius 3 is 2.76 bits per heavy atom. The van der Waals surface area contributed by atoms with Crippen LogP contribution in [0.4, 0.5) is 0 Å². The topological polar surface area (TPSA) is 54.0 Å². The molecular formula is C12H18O5. The fraction of sp³-hybridized carbons (Fsp3) is 0.750. The van der Waals surface area contributed by atoms with Gasteiger partial charge in [-0.2, -0.15) is 0 Å². The molecule has 2 aliphatic heterocycles. The molecule has 5 heteroatoms. The largest absolute Gasteiger partial charge is 0.368 e. The molecule has 0 aromatic heterocycles. The Kier molecular flexibility index (Phi) is 3.63. The maximum absolute atomic E-state index is 10.9. The summed E-state index contributed by atoms with van der Waals surface area (Å²) in [5, 5.41) is 0. The van der Waals surface area contributed by atoms with E-state index in [4.69, 9.17) is 18.9 Å². The van der Waals surface area contributed by atoms with E-state index in [-0.39, 0.29) is 6.10 Å². The van der Waals surface area contributed by atoms with Crippen molar-refractivity contribution in [2.75, 3.05) is 6.61 Å². The van der Waals surface area contributed by atoms with Crippen molar-refractivity contribution >= 4 is 6.29 Å². The summed E-state index contributed by atoms with van der Waals surface area (Å²) >= 11 is 0. The second kappa shape index (κ2) is 4.86. The molecule has 2 saturated heterocycles. The third-order valence-electron chi connectivity index (χ3n) is 2.78. The molecular weight excluding hydrogens is 224 g/mol. The van der Waals surface area contributed by atoms with Gasteiger partial charge in [0.25, 0.3) is 0 Å². The molecule has 96 valence electrons. The summed E-state index contributed by atoms with van der Waals surface area (Å²) in [6, 6.07) is 0. The quantitative estimate of drug-likeness (QED) is 0.544. The fourth-order valence-electron chi connectivity index (χ4n) is 2.07. The van der Waals surface area contributed by atoms with Crippen LogP contribution in [0.3, 0.4) is 0 Å². The molecule has 5 nitrogen and oxygen atoms in total. The number of carbonyl (C=O) groups is 1. The second-order valence-corrected chi connectivity index (χ2v) is 4.57. The van der Waals surface area contributed by atoms with Crippen molar-refractivity contribution in [2.24, 2.45) is 0 Å². The predicted octanol–water partition coefficient (Wildman–Crippen LogP) is 1.02. The van der Waals surface area contributed by atoms with Crippen molar-refractivity contribution in [3.63, 3.8) is 0 Å². The second-order valence-electron chi connectivity index (χ2n) is 4.57. The molecule has 0 aliphatic carbocycles. The molecule has 0 spiro atoms. The van der Waals surface area contributed by atoms with Gasteiger partial charge in [-0.15, -0.1) is 0 Å². The average Bonchev–Trinajstić information content (AvgIpc) is 2.72. The number of allylic oxidation sites excluding steroid dienone is 1. The number of hydrogen-bond acceptors (Lipinski definition) is 5. The SMILES string of the molecule is C/C=C/CO[C@@H]1[C@H]2OC(C)(C)O[C@H]2O[C@@H]1C=O. The Bertz CT molecular complexity index is 312. The molecule has 17 heavy (non-hydrogen) atoms. The first kappa shape index (κ1) is 12.7. The van der Waals surface area contributed by atoms with Gasteiger partial charge in [-0.3, -0.25) is 0 Å². The highest BCUT2D eigenvalue weighted by Crippen LogP contribution is 2.38. The molecule has 0 aromatic carbocycles. The number of hydrogen-bond donors (Lipinski definition) is 0. The Morgan fingerprint density at radius 1 is 1.35 bits per heavy atom. The summed E-state index contributed by atoms with van der Waals surface area (Å²) in [6.07, 6.45) is 2.61. The van der Waals surface area contributed by atoms with E-state index in [1.165, 1.54) is 0 Å². The molecule has 4 atom stereocenters. The summed E-state index contributed by atoms with van der Waals surface area (Å²) in [7, 11) is 0. The van der Waals surface area contributed by atoms with Gasteiger partial charge in [-0.1, -0.05) is 12.2 Å². The summed E-state index contributed by atoms with van der Waals surface area (Å²) in [6.45, 7) is 5.97. The number of carbonyl (C=O) groups excluding carboxylic acids is 1. The van der Waals surface area contributed by atoms with Gasteiger partial charge < -0.3 is 23.7 Å². The Balaban J connectivity index is 2.02. The van der Waals surface area contributed by atoms with Crippen molar-refractivity contribution < 1.29 is 23.7 Å². The zero-order chi connectivity index (χ0) is 12.5. The highest BCUT2D eigenvalue weighted by Gasteiger charge is 2.55. The van der Waals surface area contributed by atoms with Gasteiger partial charge in [0.05, 0.1) is 6.61 Å². The van der Waals surface area contributed by atoms with Crippen LogP contribution in [0.2, 0.25) is 0 Å². The van der Waals surface area contributed by atoms with Gasteiger partial charge in [0.2, 0.25) is 0 Å². The standard InChI is InChI=1S/C12H18O5/c1-4-5-6-14-9-8(7-13)15-11-10(9)16-12(2,3)17-11/h4-5,7-11H,6H2,1-3H3/b5-4+/t8-,9+,10-,11-/m1/s1. The van der Waals surface area contributed by atoms with Gasteiger partial charge in [-0.25, -0.2) is 0 Å². The van der Waals surface area contributed by atoms with E-state index in [9.17, 15) is 4.79 Å². The van der Waals surface area contributed by atoms with Gasteiger partial charge in [-0.05, 0) is 20.8 Å². The van der Waals surface area contributed by atoms with Gasteiger partial charge in [0, 0.05) is 0 Å². The molecule has 0 radical (unpaired) electrons. The molecule has 2 aliphatic rings. The number of fused-ring (bicyclic) bond motifs is 1. The summed E-state index contributed by atoms with van der Waals surface area (Å²) in [5.41, 5.74) is 0. The zero-order valence-electron chi connectivity index (χ0n) is 10.3. The molecule has 2 heterocycles. The smallest absolute Gasteiger partial charge is 0.190 e. The zero-order valence-corrected chi connectivity index (χ0v) is 10.3. The van der Waals surface area contributed by atoms with E-state index in [1.807, 2.05) is 32.9 Å². The molecule has 2 fully saturated rings. The van der Waals surface area contributed by atoms with Gasteiger partial charge in [0.15, 0.2) is 18.4 Å². The number of rotatable bonds is 4. The highest BCUT2D eigenvalue weighted by atomic mass is 16.8. The molecule has 2 rings (SSSR count). The Labute approximate surface area is 101 Å². The molecule has 0 amide bonds. The van der Waals surface area contributed by atoms with E-state index in [2.05, 4.69) is 0 Å². The summed E-state index contributed by atoms with van der Waals surface area (Å²) in [4.78, 5) is 10.9.